The normalized spacial score (nSPS) is 13.1. The first-order chi connectivity index (χ1) is 16.1. The third-order valence-electron chi connectivity index (χ3n) is 5.04. The summed E-state index contributed by atoms with van der Waals surface area (Å²) in [4.78, 5) is 13.5. The van der Waals surface area contributed by atoms with Gasteiger partial charge in [0.1, 0.15) is 12.4 Å². The molecule has 0 unspecified atom stereocenters. The van der Waals surface area contributed by atoms with Gasteiger partial charge in [0.25, 0.3) is 0 Å². The van der Waals surface area contributed by atoms with Crippen LogP contribution in [0.15, 0.2) is 72.1 Å². The summed E-state index contributed by atoms with van der Waals surface area (Å²) < 4.78 is 5.94. The Morgan fingerprint density at radius 1 is 1.15 bits per heavy atom. The number of aromatic nitrogens is 2. The molecule has 0 atom stereocenters. The van der Waals surface area contributed by atoms with E-state index in [0.29, 0.717) is 25.0 Å². The molecule has 0 radical (unpaired) electrons. The number of nitrogens with one attached hydrogen (secondary N) is 1. The smallest absolute Gasteiger partial charge is 0.320 e. The molecule has 7 heteroatoms. The number of benzene rings is 1. The lowest BCUT2D eigenvalue weighted by Gasteiger charge is -2.24. The Labute approximate surface area is 197 Å². The van der Waals surface area contributed by atoms with E-state index in [4.69, 9.17) is 4.74 Å². The molecule has 1 aliphatic heterocycles. The lowest BCUT2D eigenvalue weighted by molar-refractivity contribution is 0.260. The predicted octanol–water partition coefficient (Wildman–Crippen LogP) is 5.14. The van der Waals surface area contributed by atoms with Crippen molar-refractivity contribution in [3.8, 4) is 6.01 Å². The minimum Gasteiger partial charge on any atom is -0.461 e. The van der Waals surface area contributed by atoms with Crippen LogP contribution in [0.25, 0.3) is 0 Å². The van der Waals surface area contributed by atoms with Gasteiger partial charge in [-0.3, -0.25) is 5.43 Å². The highest BCUT2D eigenvalue weighted by Gasteiger charge is 2.12. The molecule has 2 heterocycles. The average molecular weight is 447 g/mol. The lowest BCUT2D eigenvalue weighted by atomic mass is 10.2. The van der Waals surface area contributed by atoms with Crippen LogP contribution in [-0.2, 0) is 0 Å². The van der Waals surface area contributed by atoms with E-state index in [1.165, 1.54) is 5.56 Å². The molecule has 1 N–H and O–H groups in total. The summed E-state index contributed by atoms with van der Waals surface area (Å²) in [5.74, 6) is 1.43. The van der Waals surface area contributed by atoms with Gasteiger partial charge >= 0.3 is 6.01 Å². The van der Waals surface area contributed by atoms with E-state index in [-0.39, 0.29) is 0 Å². The molecule has 0 saturated carbocycles. The minimum absolute atomic E-state index is 0.333. The summed E-state index contributed by atoms with van der Waals surface area (Å²) in [7, 11) is 0. The number of ether oxygens (including phenoxy) is 1. The van der Waals surface area contributed by atoms with Crippen molar-refractivity contribution in [1.29, 1.82) is 0 Å². The number of hydrogen-bond donors (Lipinski definition) is 1. The highest BCUT2D eigenvalue weighted by atomic mass is 16.5. The van der Waals surface area contributed by atoms with Gasteiger partial charge in [-0.05, 0) is 37.5 Å². The van der Waals surface area contributed by atoms with Crippen LogP contribution in [0.5, 0.6) is 6.01 Å². The van der Waals surface area contributed by atoms with Gasteiger partial charge in [0.05, 0.1) is 12.8 Å². The fraction of sp³-hybridized carbons (Fsp3) is 0.346. The van der Waals surface area contributed by atoms with Gasteiger partial charge < -0.3 is 14.5 Å². The molecule has 0 fully saturated rings. The van der Waals surface area contributed by atoms with Gasteiger partial charge in [-0.1, -0.05) is 56.3 Å². The Kier molecular flexibility index (Phi) is 9.06. The Balaban J connectivity index is 1.74. The molecule has 174 valence electrons. The van der Waals surface area contributed by atoms with Gasteiger partial charge in [-0.25, -0.2) is 0 Å². The lowest BCUT2D eigenvalue weighted by Crippen LogP contribution is -2.27. The first-order valence-corrected chi connectivity index (χ1v) is 11.5. The van der Waals surface area contributed by atoms with E-state index in [9.17, 15) is 0 Å². The first-order valence-electron chi connectivity index (χ1n) is 11.5. The summed E-state index contributed by atoms with van der Waals surface area (Å²) in [6.07, 6.45) is 11.8. The predicted molar refractivity (Wildman–Crippen MR) is 137 cm³/mol. The van der Waals surface area contributed by atoms with Crippen molar-refractivity contribution in [3.05, 3.63) is 78.2 Å². The zero-order valence-corrected chi connectivity index (χ0v) is 19.9. The van der Waals surface area contributed by atoms with Crippen LogP contribution in [0.4, 0.5) is 11.6 Å². The SMILES string of the molecule is C=C1C=CC=CN1CCOc1nc(N/N=C/c2cccc(C)c2)cc(N(CCC)CCC)n1. The van der Waals surface area contributed by atoms with Crippen LogP contribution in [0.1, 0.15) is 37.8 Å². The summed E-state index contributed by atoms with van der Waals surface area (Å²) >= 11 is 0. The van der Waals surface area contributed by atoms with Crippen molar-refractivity contribution in [2.24, 2.45) is 5.10 Å². The average Bonchev–Trinajstić information content (AvgIpc) is 2.80. The second-order valence-corrected chi connectivity index (χ2v) is 7.90. The zero-order chi connectivity index (χ0) is 23.5. The fourth-order valence-electron chi connectivity index (χ4n) is 3.47. The van der Waals surface area contributed by atoms with Crippen LogP contribution in [0.2, 0.25) is 0 Å². The molecule has 0 amide bonds. The van der Waals surface area contributed by atoms with Gasteiger partial charge in [0.15, 0.2) is 5.82 Å². The summed E-state index contributed by atoms with van der Waals surface area (Å²) in [5.41, 5.74) is 6.19. The maximum atomic E-state index is 5.94. The van der Waals surface area contributed by atoms with Crippen molar-refractivity contribution in [3.63, 3.8) is 0 Å². The molecule has 0 saturated heterocycles. The van der Waals surface area contributed by atoms with E-state index in [0.717, 1.165) is 43.0 Å². The van der Waals surface area contributed by atoms with Gasteiger partial charge in [-0.15, -0.1) is 0 Å². The molecular formula is C26H34N6O. The molecule has 2 aromatic rings. The van der Waals surface area contributed by atoms with Crippen molar-refractivity contribution < 1.29 is 4.74 Å². The molecule has 1 aromatic heterocycles. The quantitative estimate of drug-likeness (QED) is 0.360. The van der Waals surface area contributed by atoms with Crippen LogP contribution >= 0.6 is 0 Å². The molecule has 33 heavy (non-hydrogen) atoms. The van der Waals surface area contributed by atoms with E-state index < -0.39 is 0 Å². The fourth-order valence-corrected chi connectivity index (χ4v) is 3.47. The van der Waals surface area contributed by atoms with Crippen LogP contribution < -0.4 is 15.1 Å². The largest absolute Gasteiger partial charge is 0.461 e. The molecule has 0 aliphatic carbocycles. The van der Waals surface area contributed by atoms with Crippen molar-refractivity contribution in [1.82, 2.24) is 14.9 Å². The first kappa shape index (κ1) is 24.0. The molecule has 0 bridgehead atoms. The van der Waals surface area contributed by atoms with Crippen molar-refractivity contribution in [2.45, 2.75) is 33.6 Å². The Bertz CT molecular complexity index is 1010. The van der Waals surface area contributed by atoms with Gasteiger partial charge in [-0.2, -0.15) is 15.1 Å². The highest BCUT2D eigenvalue weighted by molar-refractivity contribution is 5.80. The van der Waals surface area contributed by atoms with Crippen LogP contribution in [-0.4, -0.2) is 47.3 Å². The van der Waals surface area contributed by atoms with Crippen molar-refractivity contribution in [2.75, 3.05) is 36.6 Å². The number of hydrazone groups is 1. The standard InChI is InChI=1S/C26H34N6O/c1-5-13-32(14-6-2)25-19-24(30-27-20-23-12-9-10-21(3)18-23)28-26(29-25)33-17-16-31-15-8-7-11-22(31)4/h7-12,15,18-20H,4-6,13-14,16-17H2,1-3H3,(H,28,29,30)/b27-20+. The van der Waals surface area contributed by atoms with Gasteiger partial charge in [0.2, 0.25) is 0 Å². The number of anilines is 2. The Hall–Kier alpha value is -3.61. The molecule has 3 rings (SSSR count). The number of nitrogens with zero attached hydrogens (tertiary/aromatic N) is 5. The molecule has 1 aliphatic rings. The van der Waals surface area contributed by atoms with Crippen molar-refractivity contribution >= 4 is 17.9 Å². The molecular weight excluding hydrogens is 412 g/mol. The zero-order valence-electron chi connectivity index (χ0n) is 19.9. The Morgan fingerprint density at radius 3 is 2.70 bits per heavy atom. The minimum atomic E-state index is 0.333. The van der Waals surface area contributed by atoms with Gasteiger partial charge in [0, 0.05) is 31.1 Å². The second-order valence-electron chi connectivity index (χ2n) is 7.90. The molecule has 1 aromatic carbocycles. The number of aryl methyl sites for hydroxylation is 1. The van der Waals surface area contributed by atoms with Crippen LogP contribution in [0, 0.1) is 6.92 Å². The molecule has 0 spiro atoms. The van der Waals surface area contributed by atoms with E-state index >= 15 is 0 Å². The summed E-state index contributed by atoms with van der Waals surface area (Å²) in [6, 6.07) is 10.4. The van der Waals surface area contributed by atoms with E-state index in [1.54, 1.807) is 6.21 Å². The number of hydrogen-bond acceptors (Lipinski definition) is 7. The maximum absolute atomic E-state index is 5.94. The summed E-state index contributed by atoms with van der Waals surface area (Å²) in [6.45, 7) is 13.4. The van der Waals surface area contributed by atoms with Crippen LogP contribution in [0.3, 0.4) is 0 Å². The number of rotatable bonds is 12. The Morgan fingerprint density at radius 2 is 1.97 bits per heavy atom. The third-order valence-corrected chi connectivity index (χ3v) is 5.04. The van der Waals surface area contributed by atoms with E-state index in [1.807, 2.05) is 47.5 Å². The molecule has 7 nitrogen and oxygen atoms in total. The highest BCUT2D eigenvalue weighted by Crippen LogP contribution is 2.21. The monoisotopic (exact) mass is 446 g/mol. The second kappa shape index (κ2) is 12.4. The third kappa shape index (κ3) is 7.49. The van der Waals surface area contributed by atoms with E-state index in [2.05, 4.69) is 64.9 Å². The number of allylic oxidation sites excluding steroid dienone is 3. The summed E-state index contributed by atoms with van der Waals surface area (Å²) in [5, 5.41) is 4.37. The maximum Gasteiger partial charge on any atom is 0.320 e. The topological polar surface area (TPSA) is 65.9 Å².